The number of nitrogens with zero attached hydrogens (tertiary/aromatic N) is 4. The van der Waals surface area contributed by atoms with Crippen LogP contribution in [0.5, 0.6) is 0 Å². The first-order valence-corrected chi connectivity index (χ1v) is 20.6. The highest BCUT2D eigenvalue weighted by molar-refractivity contribution is 6.13. The van der Waals surface area contributed by atoms with Crippen molar-refractivity contribution in [3.05, 3.63) is 54.6 Å². The van der Waals surface area contributed by atoms with Gasteiger partial charge in [0.05, 0.1) is 19.0 Å². The predicted octanol–water partition coefficient (Wildman–Crippen LogP) is -1.99. The molecule has 1 aromatic carbocycles. The number of hydrogen-bond acceptors (Lipinski definition) is 17. The highest BCUT2D eigenvalue weighted by atomic mass is 16.6. The summed E-state index contributed by atoms with van der Waals surface area (Å²) in [5, 5.41) is 48.0. The summed E-state index contributed by atoms with van der Waals surface area (Å²) in [6, 6.07) is 1.76. The zero-order valence-electron chi connectivity index (χ0n) is 35.4. The van der Waals surface area contributed by atoms with Crippen molar-refractivity contribution in [2.45, 2.75) is 102 Å². The molecule has 0 radical (unpaired) electrons. The summed E-state index contributed by atoms with van der Waals surface area (Å²) in [6.07, 6.45) is -0.890. The van der Waals surface area contributed by atoms with Gasteiger partial charge in [-0.15, -0.1) is 0 Å². The second kappa shape index (κ2) is 22.7. The Balaban J connectivity index is 1.09. The van der Waals surface area contributed by atoms with Crippen molar-refractivity contribution in [1.29, 1.82) is 0 Å². The van der Waals surface area contributed by atoms with Gasteiger partial charge in [-0.25, -0.2) is 19.7 Å². The van der Waals surface area contributed by atoms with Gasteiger partial charge in [-0.1, -0.05) is 26.0 Å². The lowest BCUT2D eigenvalue weighted by Crippen LogP contribution is -2.67. The maximum Gasteiger partial charge on any atom is 0.408 e. The number of aliphatic hydroxyl groups is 3. The molecule has 3 aromatic rings. The standard InChI is InChI=1S/C40H54N12O12/c1-20(2)29(49-26(54)13-15-52-27(55)11-12-28(52)56)38(61)46-21(3)36(59)47-23-9-7-22(8-10-23)17-63-40(62)48-24(6-4-5-14-41)37(60)50-30-25(16-53)64-39(33(58)32(30)57)51-35-31-34(43-18-42-31)44-19-45-35/h7-12,18-21,24-25,29-30,32-33,39,53,57-58H,4-6,13-17,41H2,1-3H3,(H,46,61)(H,47,59)(H,48,62)(H,49,54)(H,50,60)(H2,42,43,44,45,51)/t21-,24-,25-,29-,30-,32+,33-,39-/m0/s1. The van der Waals surface area contributed by atoms with Crippen molar-refractivity contribution in [1.82, 2.24) is 46.1 Å². The number of amides is 7. The van der Waals surface area contributed by atoms with Gasteiger partial charge in [0, 0.05) is 30.8 Å². The summed E-state index contributed by atoms with van der Waals surface area (Å²) in [5.74, 6) is -3.68. The van der Waals surface area contributed by atoms with Crippen LogP contribution < -0.4 is 37.6 Å². The number of hydrogen-bond donors (Lipinski definition) is 11. The van der Waals surface area contributed by atoms with E-state index < -0.39 is 96.9 Å². The van der Waals surface area contributed by atoms with E-state index in [-0.39, 0.29) is 37.7 Å². The molecular weight excluding hydrogens is 841 g/mol. The molecule has 24 nitrogen and oxygen atoms in total. The number of fused-ring (bicyclic) bond motifs is 1. The molecule has 2 aliphatic rings. The normalized spacial score (nSPS) is 20.9. The molecule has 5 rings (SSSR count). The Labute approximate surface area is 366 Å². The van der Waals surface area contributed by atoms with Crippen molar-refractivity contribution in [2.24, 2.45) is 11.7 Å². The number of benzene rings is 1. The van der Waals surface area contributed by atoms with Crippen molar-refractivity contribution in [2.75, 3.05) is 30.3 Å². The lowest BCUT2D eigenvalue weighted by Gasteiger charge is -2.43. The third-order valence-electron chi connectivity index (χ3n) is 10.4. The van der Waals surface area contributed by atoms with E-state index in [1.165, 1.54) is 19.6 Å². The molecule has 0 aliphatic carbocycles. The molecule has 8 atom stereocenters. The van der Waals surface area contributed by atoms with E-state index in [4.69, 9.17) is 15.2 Å². The first-order valence-electron chi connectivity index (χ1n) is 20.6. The van der Waals surface area contributed by atoms with E-state index in [2.05, 4.69) is 51.8 Å². The molecule has 12 N–H and O–H groups in total. The third kappa shape index (κ3) is 12.7. The highest BCUT2D eigenvalue weighted by Crippen LogP contribution is 2.25. The Morgan fingerprint density at radius 2 is 1.64 bits per heavy atom. The number of aliphatic hydroxyl groups excluding tert-OH is 3. The fourth-order valence-corrected chi connectivity index (χ4v) is 6.74. The second-order valence-corrected chi connectivity index (χ2v) is 15.4. The number of alkyl carbamates (subject to hydrolysis) is 1. The number of aromatic amines is 1. The number of carbonyl (C=O) groups is 7. The largest absolute Gasteiger partial charge is 0.445 e. The van der Waals surface area contributed by atoms with Crippen LogP contribution in [-0.4, -0.2) is 150 Å². The molecule has 0 bridgehead atoms. The summed E-state index contributed by atoms with van der Waals surface area (Å²) < 4.78 is 11.2. The van der Waals surface area contributed by atoms with Crippen molar-refractivity contribution >= 4 is 64.2 Å². The molecule has 0 saturated carbocycles. The van der Waals surface area contributed by atoms with E-state index in [0.717, 1.165) is 17.1 Å². The van der Waals surface area contributed by atoms with Crippen LogP contribution in [0.25, 0.3) is 11.2 Å². The van der Waals surface area contributed by atoms with Gasteiger partial charge >= 0.3 is 6.09 Å². The van der Waals surface area contributed by atoms with E-state index >= 15 is 0 Å². The molecule has 1 saturated heterocycles. The Bertz CT molecular complexity index is 2150. The van der Waals surface area contributed by atoms with Crippen molar-refractivity contribution in [3.63, 3.8) is 0 Å². The van der Waals surface area contributed by atoms with Crippen molar-refractivity contribution in [3.8, 4) is 0 Å². The van der Waals surface area contributed by atoms with E-state index in [9.17, 15) is 48.9 Å². The van der Waals surface area contributed by atoms with Gasteiger partial charge in [0.25, 0.3) is 11.8 Å². The minimum atomic E-state index is -1.63. The first-order chi connectivity index (χ1) is 30.6. The average molecular weight is 895 g/mol. The summed E-state index contributed by atoms with van der Waals surface area (Å²) in [6.45, 7) is 4.17. The summed E-state index contributed by atoms with van der Waals surface area (Å²) >= 11 is 0. The number of nitrogens with two attached hydrogens (primary N) is 1. The number of rotatable bonds is 21. The lowest BCUT2D eigenvalue weighted by molar-refractivity contribution is -0.185. The number of imidazole rings is 1. The van der Waals surface area contributed by atoms with Gasteiger partial charge in [0.2, 0.25) is 23.6 Å². The number of H-pyrrole nitrogens is 1. The smallest absolute Gasteiger partial charge is 0.408 e. The van der Waals surface area contributed by atoms with Gasteiger partial charge in [-0.3, -0.25) is 33.7 Å². The Kier molecular flexibility index (Phi) is 17.1. The number of unbranched alkanes of at least 4 members (excludes halogenated alkanes) is 1. The number of aromatic nitrogens is 4. The highest BCUT2D eigenvalue weighted by Gasteiger charge is 2.46. The SMILES string of the molecule is CC(C)[C@H](NC(=O)CCN1C(=O)C=CC1=O)C(=O)N[C@@H](C)C(=O)Nc1ccc(COC(=O)N[C@@H](CCCCN)C(=O)N[C@@H]2[C@@H](O)[C@H](O)[C@@H](Nc3ncnc4nc[nH]c34)O[C@H]2CO)cc1. The van der Waals surface area contributed by atoms with Crippen LogP contribution in [0.4, 0.5) is 16.3 Å². The van der Waals surface area contributed by atoms with Gasteiger partial charge in [-0.05, 0) is 56.3 Å². The van der Waals surface area contributed by atoms with Crippen LogP contribution >= 0.6 is 0 Å². The van der Waals surface area contributed by atoms with Crippen LogP contribution in [0.3, 0.4) is 0 Å². The minimum Gasteiger partial charge on any atom is -0.445 e. The predicted molar refractivity (Wildman–Crippen MR) is 225 cm³/mol. The van der Waals surface area contributed by atoms with E-state index in [0.29, 0.717) is 41.8 Å². The molecule has 1 fully saturated rings. The molecule has 2 aliphatic heterocycles. The number of ether oxygens (including phenoxy) is 2. The summed E-state index contributed by atoms with van der Waals surface area (Å²) in [7, 11) is 0. The van der Waals surface area contributed by atoms with E-state index in [1.807, 2.05) is 0 Å². The van der Waals surface area contributed by atoms with Crippen LogP contribution in [0, 0.1) is 5.92 Å². The number of anilines is 2. The topological polar surface area (TPSA) is 355 Å². The Hall–Kier alpha value is -6.60. The van der Waals surface area contributed by atoms with Crippen LogP contribution in [0.2, 0.25) is 0 Å². The maximum atomic E-state index is 13.6. The zero-order chi connectivity index (χ0) is 46.5. The summed E-state index contributed by atoms with van der Waals surface area (Å²) in [5.41, 5.74) is 7.27. The first kappa shape index (κ1) is 48.4. The second-order valence-electron chi connectivity index (χ2n) is 15.4. The maximum absolute atomic E-state index is 13.6. The summed E-state index contributed by atoms with van der Waals surface area (Å²) in [4.78, 5) is 105. The number of imide groups is 1. The molecule has 24 heteroatoms. The number of nitrogens with one attached hydrogen (secondary N) is 7. The average Bonchev–Trinajstić information content (AvgIpc) is 3.89. The van der Waals surface area contributed by atoms with Crippen LogP contribution in [-0.2, 0) is 44.8 Å². The third-order valence-corrected chi connectivity index (χ3v) is 10.4. The van der Waals surface area contributed by atoms with Crippen LogP contribution in [0.15, 0.2) is 49.1 Å². The fourth-order valence-electron chi connectivity index (χ4n) is 6.74. The molecule has 64 heavy (non-hydrogen) atoms. The molecule has 0 unspecified atom stereocenters. The molecule has 346 valence electrons. The van der Waals surface area contributed by atoms with Crippen molar-refractivity contribution < 1.29 is 58.4 Å². The van der Waals surface area contributed by atoms with E-state index in [1.54, 1.807) is 38.1 Å². The fraction of sp³-hybridized carbons (Fsp3) is 0.500. The molecular formula is C40H54N12O12. The van der Waals surface area contributed by atoms with Gasteiger partial charge in [0.15, 0.2) is 17.7 Å². The van der Waals surface area contributed by atoms with Gasteiger partial charge < -0.3 is 67.4 Å². The number of carbonyl (C=O) groups excluding carboxylic acids is 7. The van der Waals surface area contributed by atoms with Crippen LogP contribution in [0.1, 0.15) is 52.0 Å². The Morgan fingerprint density at radius 1 is 0.922 bits per heavy atom. The lowest BCUT2D eigenvalue weighted by atomic mass is 9.94. The quantitative estimate of drug-likeness (QED) is 0.0407. The molecule has 2 aromatic heterocycles. The molecule has 7 amide bonds. The monoisotopic (exact) mass is 894 g/mol. The van der Waals surface area contributed by atoms with Gasteiger partial charge in [0.1, 0.15) is 54.9 Å². The molecule has 0 spiro atoms. The minimum absolute atomic E-state index is 0.134. The molecule has 4 heterocycles. The zero-order valence-corrected chi connectivity index (χ0v) is 35.4. The Morgan fingerprint density at radius 3 is 2.31 bits per heavy atom. The van der Waals surface area contributed by atoms with Gasteiger partial charge in [-0.2, -0.15) is 0 Å².